The molecule has 0 aliphatic carbocycles. The van der Waals surface area contributed by atoms with E-state index in [0.717, 1.165) is 30.9 Å². The molecule has 1 aliphatic rings. The van der Waals surface area contributed by atoms with E-state index in [2.05, 4.69) is 9.88 Å². The molecule has 3 nitrogen and oxygen atoms in total. The number of carbonyl (C=O) groups is 1. The number of aromatic nitrogens is 1. The SMILES string of the molecule is Cc1cccc(N2CCCC(=O)C2)n1. The molecule has 0 spiro atoms. The van der Waals surface area contributed by atoms with Crippen LogP contribution in [0.5, 0.6) is 0 Å². The second-order valence-corrected chi connectivity index (χ2v) is 3.70. The fourth-order valence-electron chi connectivity index (χ4n) is 1.74. The Bertz CT molecular complexity index is 349. The third kappa shape index (κ3) is 1.92. The second kappa shape index (κ2) is 3.78. The molecular weight excluding hydrogens is 176 g/mol. The molecule has 0 bridgehead atoms. The van der Waals surface area contributed by atoms with Crippen LogP contribution in [0.25, 0.3) is 0 Å². The van der Waals surface area contributed by atoms with Crippen LogP contribution in [0.4, 0.5) is 5.82 Å². The average Bonchev–Trinajstić information content (AvgIpc) is 2.18. The summed E-state index contributed by atoms with van der Waals surface area (Å²) in [5.74, 6) is 1.25. The minimum atomic E-state index is 0.319. The highest BCUT2D eigenvalue weighted by Gasteiger charge is 2.17. The van der Waals surface area contributed by atoms with Crippen molar-refractivity contribution in [1.29, 1.82) is 0 Å². The molecule has 0 saturated carbocycles. The Morgan fingerprint density at radius 2 is 2.29 bits per heavy atom. The van der Waals surface area contributed by atoms with E-state index in [-0.39, 0.29) is 0 Å². The number of rotatable bonds is 1. The zero-order valence-electron chi connectivity index (χ0n) is 8.36. The lowest BCUT2D eigenvalue weighted by molar-refractivity contribution is -0.118. The Kier molecular flexibility index (Phi) is 2.48. The second-order valence-electron chi connectivity index (χ2n) is 3.70. The molecule has 0 radical (unpaired) electrons. The number of hydrogen-bond acceptors (Lipinski definition) is 3. The molecule has 3 heteroatoms. The van der Waals surface area contributed by atoms with Gasteiger partial charge in [0.25, 0.3) is 0 Å². The summed E-state index contributed by atoms with van der Waals surface area (Å²) in [6, 6.07) is 5.91. The number of ketones is 1. The van der Waals surface area contributed by atoms with E-state index in [1.807, 2.05) is 25.1 Å². The minimum absolute atomic E-state index is 0.319. The van der Waals surface area contributed by atoms with Gasteiger partial charge in [-0.1, -0.05) is 6.07 Å². The quantitative estimate of drug-likeness (QED) is 0.673. The molecule has 0 atom stereocenters. The first kappa shape index (κ1) is 9.19. The zero-order chi connectivity index (χ0) is 9.97. The number of Topliss-reactive ketones (excluding diaryl/α,β-unsaturated/α-hetero) is 1. The molecule has 2 heterocycles. The maximum atomic E-state index is 11.3. The summed E-state index contributed by atoms with van der Waals surface area (Å²) in [6.45, 7) is 3.44. The van der Waals surface area contributed by atoms with Gasteiger partial charge in [-0.3, -0.25) is 4.79 Å². The van der Waals surface area contributed by atoms with Crippen molar-refractivity contribution in [3.05, 3.63) is 23.9 Å². The third-order valence-electron chi connectivity index (χ3n) is 2.45. The van der Waals surface area contributed by atoms with Crippen LogP contribution in [0.1, 0.15) is 18.5 Å². The van der Waals surface area contributed by atoms with Crippen molar-refractivity contribution in [2.45, 2.75) is 19.8 Å². The van der Waals surface area contributed by atoms with Crippen molar-refractivity contribution in [2.24, 2.45) is 0 Å². The largest absolute Gasteiger partial charge is 0.349 e. The lowest BCUT2D eigenvalue weighted by Gasteiger charge is -2.26. The van der Waals surface area contributed by atoms with Gasteiger partial charge >= 0.3 is 0 Å². The first-order chi connectivity index (χ1) is 6.75. The highest BCUT2D eigenvalue weighted by molar-refractivity contribution is 5.84. The van der Waals surface area contributed by atoms with E-state index in [1.54, 1.807) is 0 Å². The van der Waals surface area contributed by atoms with Crippen molar-refractivity contribution >= 4 is 11.6 Å². The van der Waals surface area contributed by atoms with E-state index in [9.17, 15) is 4.79 Å². The van der Waals surface area contributed by atoms with Gasteiger partial charge in [-0.15, -0.1) is 0 Å². The van der Waals surface area contributed by atoms with Crippen molar-refractivity contribution < 1.29 is 4.79 Å². The van der Waals surface area contributed by atoms with Crippen molar-refractivity contribution in [1.82, 2.24) is 4.98 Å². The fourth-order valence-corrected chi connectivity index (χ4v) is 1.74. The Labute approximate surface area is 83.8 Å². The van der Waals surface area contributed by atoms with E-state index >= 15 is 0 Å². The van der Waals surface area contributed by atoms with E-state index in [0.29, 0.717) is 12.3 Å². The van der Waals surface area contributed by atoms with E-state index < -0.39 is 0 Å². The number of piperidine rings is 1. The predicted molar refractivity (Wildman–Crippen MR) is 55.4 cm³/mol. The molecule has 0 unspecified atom stereocenters. The summed E-state index contributed by atoms with van der Waals surface area (Å²) in [4.78, 5) is 17.7. The number of anilines is 1. The first-order valence-corrected chi connectivity index (χ1v) is 4.96. The molecule has 0 N–H and O–H groups in total. The summed E-state index contributed by atoms with van der Waals surface area (Å²) in [5.41, 5.74) is 1.00. The molecule has 14 heavy (non-hydrogen) atoms. The van der Waals surface area contributed by atoms with Crippen LogP contribution >= 0.6 is 0 Å². The lowest BCUT2D eigenvalue weighted by atomic mass is 10.1. The molecule has 1 aromatic heterocycles. The van der Waals surface area contributed by atoms with Gasteiger partial charge < -0.3 is 4.90 Å². The summed E-state index contributed by atoms with van der Waals surface area (Å²) in [6.07, 6.45) is 1.68. The van der Waals surface area contributed by atoms with Crippen LogP contribution in [0.15, 0.2) is 18.2 Å². The normalized spacial score (nSPS) is 17.2. The molecule has 1 saturated heterocycles. The number of carbonyl (C=O) groups excluding carboxylic acids is 1. The van der Waals surface area contributed by atoms with Gasteiger partial charge in [0.2, 0.25) is 0 Å². The molecular formula is C11H14N2O. The Balaban J connectivity index is 2.17. The smallest absolute Gasteiger partial charge is 0.152 e. The number of aryl methyl sites for hydroxylation is 1. The predicted octanol–water partition coefficient (Wildman–Crippen LogP) is 1.56. The third-order valence-corrected chi connectivity index (χ3v) is 2.45. The van der Waals surface area contributed by atoms with Crippen LogP contribution < -0.4 is 4.90 Å². The number of pyridine rings is 1. The first-order valence-electron chi connectivity index (χ1n) is 4.96. The average molecular weight is 190 g/mol. The highest BCUT2D eigenvalue weighted by Crippen LogP contribution is 2.15. The van der Waals surface area contributed by atoms with Crippen LogP contribution in [-0.4, -0.2) is 23.9 Å². The lowest BCUT2D eigenvalue weighted by Crippen LogP contribution is -2.36. The highest BCUT2D eigenvalue weighted by atomic mass is 16.1. The van der Waals surface area contributed by atoms with Crippen molar-refractivity contribution in [3.8, 4) is 0 Å². The maximum absolute atomic E-state index is 11.3. The topological polar surface area (TPSA) is 33.2 Å². The molecule has 0 aromatic carbocycles. The van der Waals surface area contributed by atoms with Crippen LogP contribution in [0.2, 0.25) is 0 Å². The van der Waals surface area contributed by atoms with E-state index in [4.69, 9.17) is 0 Å². The van der Waals surface area contributed by atoms with Gasteiger partial charge in [0.15, 0.2) is 5.78 Å². The van der Waals surface area contributed by atoms with Gasteiger partial charge in [0.1, 0.15) is 5.82 Å². The zero-order valence-corrected chi connectivity index (χ0v) is 8.36. The summed E-state index contributed by atoms with van der Waals surface area (Å²) >= 11 is 0. The summed E-state index contributed by atoms with van der Waals surface area (Å²) < 4.78 is 0. The minimum Gasteiger partial charge on any atom is -0.349 e. The van der Waals surface area contributed by atoms with E-state index in [1.165, 1.54) is 0 Å². The van der Waals surface area contributed by atoms with Crippen LogP contribution in [0.3, 0.4) is 0 Å². The van der Waals surface area contributed by atoms with Gasteiger partial charge in [-0.25, -0.2) is 4.98 Å². The van der Waals surface area contributed by atoms with Gasteiger partial charge in [-0.2, -0.15) is 0 Å². The van der Waals surface area contributed by atoms with Crippen LogP contribution in [-0.2, 0) is 4.79 Å². The monoisotopic (exact) mass is 190 g/mol. The molecule has 1 aliphatic heterocycles. The summed E-state index contributed by atoms with van der Waals surface area (Å²) in [5, 5.41) is 0. The summed E-state index contributed by atoms with van der Waals surface area (Å²) in [7, 11) is 0. The van der Waals surface area contributed by atoms with Gasteiger partial charge in [0.05, 0.1) is 6.54 Å². The van der Waals surface area contributed by atoms with Crippen molar-refractivity contribution in [2.75, 3.05) is 18.0 Å². The van der Waals surface area contributed by atoms with Crippen molar-refractivity contribution in [3.63, 3.8) is 0 Å². The standard InChI is InChI=1S/C11H14N2O/c1-9-4-2-6-11(12-9)13-7-3-5-10(14)8-13/h2,4,6H,3,5,7-8H2,1H3. The number of hydrogen-bond donors (Lipinski definition) is 0. The Hall–Kier alpha value is -1.38. The maximum Gasteiger partial charge on any atom is 0.152 e. The molecule has 1 aromatic rings. The van der Waals surface area contributed by atoms with Gasteiger partial charge in [-0.05, 0) is 25.5 Å². The fraction of sp³-hybridized carbons (Fsp3) is 0.455. The Morgan fingerprint density at radius 1 is 1.43 bits per heavy atom. The van der Waals surface area contributed by atoms with Gasteiger partial charge in [0, 0.05) is 18.7 Å². The van der Waals surface area contributed by atoms with Crippen LogP contribution in [0, 0.1) is 6.92 Å². The molecule has 0 amide bonds. The molecule has 74 valence electrons. The number of nitrogens with zero attached hydrogens (tertiary/aromatic N) is 2. The molecule has 1 fully saturated rings. The Morgan fingerprint density at radius 3 is 3.00 bits per heavy atom. The molecule has 2 rings (SSSR count).